The third-order valence-electron chi connectivity index (χ3n) is 30.3. The Morgan fingerprint density at radius 2 is 0.363 bits per heavy atom. The zero-order chi connectivity index (χ0) is 89.8. The fraction of sp³-hybridized carbons (Fsp3) is 0.0698. The van der Waals surface area contributed by atoms with Crippen molar-refractivity contribution in [3.05, 3.63) is 482 Å². The van der Waals surface area contributed by atoms with Crippen LogP contribution in [0.4, 0.5) is 34.1 Å². The molecule has 135 heavy (non-hydrogen) atoms. The quantitative estimate of drug-likeness (QED) is 0.108. The number of nitrogens with zero attached hydrogens (tertiary/aromatic N) is 6. The second-order valence-electron chi connectivity index (χ2n) is 38.8. The maximum Gasteiger partial charge on any atom is 0.0541 e. The van der Waals surface area contributed by atoms with Crippen LogP contribution in [0, 0.1) is 0 Å². The van der Waals surface area contributed by atoms with E-state index in [1.54, 1.807) is 0 Å². The van der Waals surface area contributed by atoms with Crippen molar-refractivity contribution in [2.75, 3.05) is 9.80 Å². The molecular formula is C129H92N6. The third kappa shape index (κ3) is 11.9. The van der Waals surface area contributed by atoms with Gasteiger partial charge in [0.15, 0.2) is 0 Å². The fourth-order valence-corrected chi connectivity index (χ4v) is 23.6. The zero-order valence-electron chi connectivity index (χ0n) is 75.9. The Balaban J connectivity index is 0.500. The highest BCUT2D eigenvalue weighted by atomic mass is 15.2. The van der Waals surface area contributed by atoms with Gasteiger partial charge in [0.25, 0.3) is 0 Å². The van der Waals surface area contributed by atoms with Crippen LogP contribution in [-0.2, 0) is 16.2 Å². The van der Waals surface area contributed by atoms with Gasteiger partial charge in [0.05, 0.1) is 44.1 Å². The van der Waals surface area contributed by atoms with Gasteiger partial charge in [0.2, 0.25) is 0 Å². The molecule has 20 aromatic carbocycles. The number of aromatic nitrogens is 4. The Morgan fingerprint density at radius 3 is 0.719 bits per heavy atom. The van der Waals surface area contributed by atoms with Crippen LogP contribution >= 0.6 is 0 Å². The van der Waals surface area contributed by atoms with Gasteiger partial charge in [0.1, 0.15) is 0 Å². The van der Waals surface area contributed by atoms with Crippen LogP contribution in [0.2, 0.25) is 0 Å². The van der Waals surface area contributed by atoms with E-state index in [4.69, 9.17) is 0 Å². The van der Waals surface area contributed by atoms with Crippen LogP contribution in [0.5, 0.6) is 0 Å². The lowest BCUT2D eigenvalue weighted by Gasteiger charge is -2.29. The lowest BCUT2D eigenvalue weighted by molar-refractivity contribution is 0.659. The summed E-state index contributed by atoms with van der Waals surface area (Å²) in [5.41, 5.74) is 45.1. The third-order valence-corrected chi connectivity index (χ3v) is 30.3. The molecule has 0 N–H and O–H groups in total. The molecule has 4 aromatic heterocycles. The van der Waals surface area contributed by atoms with Crippen LogP contribution in [0.25, 0.3) is 188 Å². The van der Waals surface area contributed by atoms with E-state index in [-0.39, 0.29) is 16.2 Å². The molecule has 0 aliphatic heterocycles. The van der Waals surface area contributed by atoms with Gasteiger partial charge >= 0.3 is 0 Å². The monoisotopic (exact) mass is 1720 g/mol. The van der Waals surface area contributed by atoms with Gasteiger partial charge in [-0.1, -0.05) is 296 Å². The molecule has 4 heterocycles. The van der Waals surface area contributed by atoms with Crippen molar-refractivity contribution in [3.63, 3.8) is 0 Å². The van der Waals surface area contributed by atoms with Gasteiger partial charge in [-0.2, -0.15) is 0 Å². The van der Waals surface area contributed by atoms with Crippen molar-refractivity contribution in [2.24, 2.45) is 0 Å². The smallest absolute Gasteiger partial charge is 0.0541 e. The van der Waals surface area contributed by atoms with E-state index in [1.165, 1.54) is 188 Å². The largest absolute Gasteiger partial charge is 0.310 e. The highest BCUT2D eigenvalue weighted by Crippen LogP contribution is 2.57. The predicted octanol–water partition coefficient (Wildman–Crippen LogP) is 34.6. The molecule has 0 spiro atoms. The lowest BCUT2D eigenvalue weighted by atomic mass is 9.81. The highest BCUT2D eigenvalue weighted by Gasteiger charge is 2.41. The van der Waals surface area contributed by atoms with Crippen LogP contribution in [0.3, 0.4) is 0 Å². The molecule has 0 radical (unpaired) electrons. The standard InChI is InChI=1S/C129H92N6/c1-127(2)113-75-88(87-53-71-125-112(74-87)108-35-19-24-40-122(108)133(125)91-30-14-9-15-31-91)50-63-99(113)100-65-59-95(77-114(100)127)131(89-26-10-7-11-27-89)96-60-66-102-104-68-62-98(80-118(104)129(5,6)116(102)78-96)135-123-41-25-20-36-109(123)111-73-86(52-70-126(111)135)84-48-56-93(57-49-84)130(94-58-64-101-103-67-61-97(79-117(103)128(3,4)115(101)76-94)134-119-37-21-16-32-105(119)106-33-17-22-38-120(106)134)92-54-46-82(47-55-92)81-42-44-83(45-43-81)85-51-69-124-110(72-85)107-34-18-23-39-121(107)132(124)90-28-12-8-13-29-90/h7-80H,1-6H3. The molecule has 6 heteroatoms. The second kappa shape index (κ2) is 29.6. The number of rotatable bonds is 14. The molecule has 0 amide bonds. The summed E-state index contributed by atoms with van der Waals surface area (Å²) in [5.74, 6) is 0. The summed E-state index contributed by atoms with van der Waals surface area (Å²) in [5, 5.41) is 9.97. The number of benzene rings is 20. The molecule has 6 nitrogen and oxygen atoms in total. The molecule has 0 saturated carbocycles. The molecule has 3 aliphatic rings. The van der Waals surface area contributed by atoms with Crippen LogP contribution < -0.4 is 9.80 Å². The minimum Gasteiger partial charge on any atom is -0.310 e. The number of anilines is 6. The molecule has 0 saturated heterocycles. The molecule has 27 rings (SSSR count). The lowest BCUT2D eigenvalue weighted by Crippen LogP contribution is -2.18. The first-order valence-corrected chi connectivity index (χ1v) is 47.3. The molecule has 638 valence electrons. The summed E-state index contributed by atoms with van der Waals surface area (Å²) in [6.45, 7) is 14.5. The molecule has 0 fully saturated rings. The Bertz CT molecular complexity index is 8990. The van der Waals surface area contributed by atoms with Crippen molar-refractivity contribution in [3.8, 4) is 101 Å². The first-order chi connectivity index (χ1) is 66.2. The maximum atomic E-state index is 2.49. The Kier molecular flexibility index (Phi) is 17.1. The highest BCUT2D eigenvalue weighted by molar-refractivity contribution is 6.14. The minimum atomic E-state index is -0.331. The Labute approximate surface area is 784 Å². The Morgan fingerprint density at radius 1 is 0.148 bits per heavy atom. The summed E-state index contributed by atoms with van der Waals surface area (Å²) in [4.78, 5) is 4.92. The molecule has 0 bridgehead atoms. The van der Waals surface area contributed by atoms with E-state index < -0.39 is 0 Å². The van der Waals surface area contributed by atoms with E-state index >= 15 is 0 Å². The summed E-state index contributed by atoms with van der Waals surface area (Å²) >= 11 is 0. The van der Waals surface area contributed by atoms with Gasteiger partial charge in [-0.15, -0.1) is 0 Å². The van der Waals surface area contributed by atoms with E-state index in [0.717, 1.165) is 67.8 Å². The minimum absolute atomic E-state index is 0.272. The average molecular weight is 1730 g/mol. The summed E-state index contributed by atoms with van der Waals surface area (Å²) in [6, 6.07) is 168. The first kappa shape index (κ1) is 78.1. The molecular weight excluding hydrogens is 1630 g/mol. The van der Waals surface area contributed by atoms with Crippen LogP contribution in [0.15, 0.2) is 449 Å². The summed E-state index contributed by atoms with van der Waals surface area (Å²) in [6.07, 6.45) is 0. The van der Waals surface area contributed by atoms with Crippen molar-refractivity contribution in [1.82, 2.24) is 18.3 Å². The Hall–Kier alpha value is -16.8. The van der Waals surface area contributed by atoms with E-state index in [0.29, 0.717) is 0 Å². The van der Waals surface area contributed by atoms with E-state index in [2.05, 4.69) is 519 Å². The molecule has 3 aliphatic carbocycles. The number of hydrogen-bond acceptors (Lipinski definition) is 2. The molecule has 0 unspecified atom stereocenters. The maximum absolute atomic E-state index is 2.49. The van der Waals surface area contributed by atoms with Gasteiger partial charge in [-0.3, -0.25) is 0 Å². The van der Waals surface area contributed by atoms with Crippen LogP contribution in [0.1, 0.15) is 74.9 Å². The number of fused-ring (bicyclic) bond motifs is 21. The second-order valence-corrected chi connectivity index (χ2v) is 38.8. The zero-order valence-corrected chi connectivity index (χ0v) is 75.9. The van der Waals surface area contributed by atoms with Crippen molar-refractivity contribution in [2.45, 2.75) is 57.8 Å². The van der Waals surface area contributed by atoms with Crippen molar-refractivity contribution < 1.29 is 0 Å². The predicted molar refractivity (Wildman–Crippen MR) is 568 cm³/mol. The first-order valence-electron chi connectivity index (χ1n) is 47.3. The molecule has 24 aromatic rings. The molecule has 0 atom stereocenters. The van der Waals surface area contributed by atoms with Crippen LogP contribution in [-0.4, -0.2) is 18.3 Å². The fourth-order valence-electron chi connectivity index (χ4n) is 23.6. The van der Waals surface area contributed by atoms with Crippen molar-refractivity contribution >= 4 is 121 Å². The van der Waals surface area contributed by atoms with Gasteiger partial charge in [-0.05, 0) is 305 Å². The van der Waals surface area contributed by atoms with Gasteiger partial charge < -0.3 is 28.1 Å². The summed E-state index contributed by atoms with van der Waals surface area (Å²) < 4.78 is 9.72. The number of hydrogen-bond donors (Lipinski definition) is 0. The van der Waals surface area contributed by atoms with E-state index in [9.17, 15) is 0 Å². The SMILES string of the molecule is CC1(C)c2cc(-c3ccc4c(c3)c3ccccc3n4-c3ccccc3)ccc2-c2ccc(N(c3ccccc3)c3ccc4c(c3)C(C)(C)c3cc(-n5c6ccccc6c6cc(-c7ccc(N(c8ccc(-c9ccc(-c%10ccc%11c(c%10)c%10ccccc%10n%11-c%10ccccc%10)cc9)cc8)c8ccc9c(c8)C(C)(C)c8cc(-n%10c%11ccccc%11c%11ccccc%11%10)ccc8-9)cc7)ccc65)ccc3-4)cc21. The van der Waals surface area contributed by atoms with Crippen molar-refractivity contribution in [1.29, 1.82) is 0 Å². The summed E-state index contributed by atoms with van der Waals surface area (Å²) in [7, 11) is 0. The normalized spacial score (nSPS) is 13.6. The average Bonchev–Trinajstić information content (AvgIpc) is 1.56. The number of para-hydroxylation sites is 8. The van der Waals surface area contributed by atoms with Gasteiger partial charge in [0, 0.05) is 116 Å². The topological polar surface area (TPSA) is 26.2 Å². The van der Waals surface area contributed by atoms with E-state index in [1.807, 2.05) is 0 Å². The van der Waals surface area contributed by atoms with Gasteiger partial charge in [-0.25, -0.2) is 0 Å².